The van der Waals surface area contributed by atoms with Gasteiger partial charge in [0.1, 0.15) is 12.3 Å². The van der Waals surface area contributed by atoms with Gasteiger partial charge in [-0.3, -0.25) is 9.59 Å². The monoisotopic (exact) mass is 435 g/mol. The van der Waals surface area contributed by atoms with Crippen LogP contribution in [0.3, 0.4) is 0 Å². The van der Waals surface area contributed by atoms with Gasteiger partial charge in [-0.2, -0.15) is 0 Å². The summed E-state index contributed by atoms with van der Waals surface area (Å²) >= 11 is 0. The highest BCUT2D eigenvalue weighted by atomic mass is 16.5. The predicted octanol–water partition coefficient (Wildman–Crippen LogP) is 1.64. The number of ketones is 1. The van der Waals surface area contributed by atoms with E-state index in [2.05, 4.69) is 19.2 Å². The first-order valence-corrected chi connectivity index (χ1v) is 11.9. The first-order chi connectivity index (χ1) is 14.5. The van der Waals surface area contributed by atoms with Crippen LogP contribution in [0.2, 0.25) is 0 Å². The first-order valence-electron chi connectivity index (χ1n) is 11.9. The lowest BCUT2D eigenvalue weighted by Gasteiger charge is -2.70. The Morgan fingerprint density at radius 1 is 1.13 bits per heavy atom. The normalized spacial score (nSPS) is 55.5. The first kappa shape index (κ1) is 21.8. The molecule has 3 N–H and O–H groups in total. The number of hydrogen-bond acceptors (Lipinski definition) is 6. The highest BCUT2D eigenvalue weighted by Crippen LogP contribution is 2.68. The number of aliphatic hydroxyl groups excluding tert-OH is 2. The van der Waals surface area contributed by atoms with Gasteiger partial charge in [0.2, 0.25) is 5.91 Å². The third-order valence-corrected chi connectivity index (χ3v) is 10.3. The molecule has 5 rings (SSSR count). The van der Waals surface area contributed by atoms with Crippen LogP contribution in [0.25, 0.3) is 0 Å². The topological polar surface area (TPSA) is 105 Å². The van der Waals surface area contributed by atoms with Gasteiger partial charge in [0.15, 0.2) is 5.78 Å². The molecule has 2 saturated heterocycles. The largest absolute Gasteiger partial charge is 0.393 e. The summed E-state index contributed by atoms with van der Waals surface area (Å²) in [6.45, 7) is 8.58. The molecule has 11 unspecified atom stereocenters. The molecule has 1 amide bonds. The van der Waals surface area contributed by atoms with Crippen molar-refractivity contribution >= 4 is 11.7 Å². The van der Waals surface area contributed by atoms with Gasteiger partial charge in [-0.15, -0.1) is 0 Å². The summed E-state index contributed by atoms with van der Waals surface area (Å²) in [5.41, 5.74) is -1.43. The van der Waals surface area contributed by atoms with Gasteiger partial charge in [0, 0.05) is 42.1 Å². The van der Waals surface area contributed by atoms with E-state index in [1.54, 1.807) is 7.11 Å². The van der Waals surface area contributed by atoms with Gasteiger partial charge in [0.05, 0.1) is 23.7 Å². The Bertz CT molecular complexity index is 799. The Kier molecular flexibility index (Phi) is 4.75. The molecule has 7 heteroatoms. The fraction of sp³-hybridized carbons (Fsp3) is 0.917. The van der Waals surface area contributed by atoms with Crippen molar-refractivity contribution in [3.05, 3.63) is 0 Å². The number of ether oxygens (including phenoxy) is 2. The number of amides is 1. The Balaban J connectivity index is 1.64. The van der Waals surface area contributed by atoms with E-state index in [0.717, 1.165) is 19.3 Å². The van der Waals surface area contributed by atoms with Crippen LogP contribution >= 0.6 is 0 Å². The molecular formula is C24H37NO6. The van der Waals surface area contributed by atoms with Crippen LogP contribution < -0.4 is 5.32 Å². The van der Waals surface area contributed by atoms with E-state index in [-0.39, 0.29) is 34.9 Å². The summed E-state index contributed by atoms with van der Waals surface area (Å²) in [6.07, 6.45) is 0.976. The average molecular weight is 436 g/mol. The second kappa shape index (κ2) is 6.75. The molecule has 7 nitrogen and oxygen atoms in total. The van der Waals surface area contributed by atoms with Gasteiger partial charge >= 0.3 is 0 Å². The Morgan fingerprint density at radius 3 is 2.52 bits per heavy atom. The predicted molar refractivity (Wildman–Crippen MR) is 112 cm³/mol. The van der Waals surface area contributed by atoms with Gasteiger partial charge in [-0.25, -0.2) is 0 Å². The maximum absolute atomic E-state index is 13.3. The standard InChI is InChI=1S/C24H37NO6/c1-11-6-7-16-22(2,3)19(27)15(30-5)10-24(16)23(11,4)9-13-14(26)8-12-17(18(13)31-24)21(29)25-20(12)28/h11-18,21,26,29H,6-10H2,1-5H3,(H,25,28). The van der Waals surface area contributed by atoms with E-state index < -0.39 is 41.5 Å². The van der Waals surface area contributed by atoms with Crippen molar-refractivity contribution in [3.63, 3.8) is 0 Å². The molecule has 11 atom stereocenters. The van der Waals surface area contributed by atoms with Crippen LogP contribution in [-0.4, -0.2) is 59.2 Å². The Morgan fingerprint density at radius 2 is 1.84 bits per heavy atom. The summed E-state index contributed by atoms with van der Waals surface area (Å²) in [5.74, 6) is -0.630. The number of nitrogens with one attached hydrogen (secondary N) is 1. The van der Waals surface area contributed by atoms with Crippen LogP contribution in [0.4, 0.5) is 0 Å². The quantitative estimate of drug-likeness (QED) is 0.578. The van der Waals surface area contributed by atoms with Crippen molar-refractivity contribution in [2.24, 2.45) is 40.4 Å². The van der Waals surface area contributed by atoms with Gasteiger partial charge in [-0.1, -0.05) is 27.7 Å². The summed E-state index contributed by atoms with van der Waals surface area (Å²) in [5, 5.41) is 24.4. The second-order valence-corrected chi connectivity index (χ2v) is 11.7. The summed E-state index contributed by atoms with van der Waals surface area (Å²) < 4.78 is 12.8. The van der Waals surface area contributed by atoms with E-state index >= 15 is 0 Å². The molecule has 0 aromatic rings. The minimum absolute atomic E-state index is 0.0285. The molecule has 174 valence electrons. The smallest absolute Gasteiger partial charge is 0.225 e. The highest BCUT2D eigenvalue weighted by molar-refractivity contribution is 5.90. The molecule has 1 spiro atoms. The lowest BCUT2D eigenvalue weighted by Crippen LogP contribution is -2.74. The van der Waals surface area contributed by atoms with Gasteiger partial charge in [-0.05, 0) is 31.6 Å². The fourth-order valence-electron chi connectivity index (χ4n) is 8.39. The number of rotatable bonds is 1. The molecule has 0 bridgehead atoms. The van der Waals surface area contributed by atoms with Gasteiger partial charge < -0.3 is 25.0 Å². The van der Waals surface area contributed by atoms with Crippen LogP contribution in [0.5, 0.6) is 0 Å². The number of Topliss-reactive ketones (excluding diaryl/α,β-unsaturated/α-hetero) is 1. The number of aliphatic hydroxyl groups is 2. The number of fused-ring (bicyclic) bond motifs is 3. The molecule has 2 aliphatic heterocycles. The van der Waals surface area contributed by atoms with Crippen molar-refractivity contribution in [2.45, 2.75) is 89.9 Å². The molecule has 0 aromatic carbocycles. The molecule has 0 radical (unpaired) electrons. The Hall–Kier alpha value is -1.02. The second-order valence-electron chi connectivity index (χ2n) is 11.7. The molecule has 3 aliphatic carbocycles. The number of hydrogen-bond donors (Lipinski definition) is 3. The summed E-state index contributed by atoms with van der Waals surface area (Å²) in [6, 6.07) is 0. The van der Waals surface area contributed by atoms with E-state index in [4.69, 9.17) is 9.47 Å². The van der Waals surface area contributed by atoms with Crippen LogP contribution in [-0.2, 0) is 19.1 Å². The lowest BCUT2D eigenvalue weighted by atomic mass is 9.42. The van der Waals surface area contributed by atoms with Crippen LogP contribution in [0, 0.1) is 40.4 Å². The lowest BCUT2D eigenvalue weighted by molar-refractivity contribution is -0.333. The minimum Gasteiger partial charge on any atom is -0.393 e. The van der Waals surface area contributed by atoms with Crippen molar-refractivity contribution in [3.8, 4) is 0 Å². The van der Waals surface area contributed by atoms with E-state index in [9.17, 15) is 19.8 Å². The molecule has 3 saturated carbocycles. The summed E-state index contributed by atoms with van der Waals surface area (Å²) in [4.78, 5) is 25.7. The van der Waals surface area contributed by atoms with E-state index in [0.29, 0.717) is 18.8 Å². The van der Waals surface area contributed by atoms with Crippen LogP contribution in [0.15, 0.2) is 0 Å². The summed E-state index contributed by atoms with van der Waals surface area (Å²) in [7, 11) is 1.59. The van der Waals surface area contributed by atoms with Crippen LogP contribution in [0.1, 0.15) is 59.8 Å². The van der Waals surface area contributed by atoms with Gasteiger partial charge in [0.25, 0.3) is 0 Å². The third kappa shape index (κ3) is 2.61. The SMILES string of the molecule is COC1CC23OC4C(CC2(C)C(C)CCC3C(C)(C)C1=O)C(O)CC1C(=O)NC(O)C14. The van der Waals surface area contributed by atoms with Crippen molar-refractivity contribution < 1.29 is 29.3 Å². The van der Waals surface area contributed by atoms with Crippen molar-refractivity contribution in [1.29, 1.82) is 0 Å². The zero-order valence-corrected chi connectivity index (χ0v) is 19.3. The highest BCUT2D eigenvalue weighted by Gasteiger charge is 2.72. The van der Waals surface area contributed by atoms with E-state index in [1.165, 1.54) is 0 Å². The van der Waals surface area contributed by atoms with Crippen molar-refractivity contribution in [2.75, 3.05) is 7.11 Å². The maximum Gasteiger partial charge on any atom is 0.225 e. The maximum atomic E-state index is 13.3. The molecular weight excluding hydrogens is 398 g/mol. The number of methoxy groups -OCH3 is 1. The van der Waals surface area contributed by atoms with E-state index in [1.807, 2.05) is 13.8 Å². The number of carbonyl (C=O) groups is 2. The molecule has 2 heterocycles. The number of carbonyl (C=O) groups excluding carboxylic acids is 2. The zero-order chi connectivity index (χ0) is 22.5. The minimum atomic E-state index is -0.964. The molecule has 0 aromatic heterocycles. The molecule has 31 heavy (non-hydrogen) atoms. The Labute approximate surface area is 184 Å². The zero-order valence-electron chi connectivity index (χ0n) is 19.3. The molecule has 5 aliphatic rings. The van der Waals surface area contributed by atoms with Crippen molar-refractivity contribution in [1.82, 2.24) is 5.32 Å². The fourth-order valence-corrected chi connectivity index (χ4v) is 8.39. The average Bonchev–Trinajstić information content (AvgIpc) is 2.98. The third-order valence-electron chi connectivity index (χ3n) is 10.3. The molecule has 5 fully saturated rings.